The zero-order valence-corrected chi connectivity index (χ0v) is 15.3. The number of anilines is 2. The van der Waals surface area contributed by atoms with Gasteiger partial charge in [-0.25, -0.2) is 4.98 Å². The van der Waals surface area contributed by atoms with Crippen LogP contribution < -0.4 is 15.4 Å². The van der Waals surface area contributed by atoms with Crippen molar-refractivity contribution in [3.05, 3.63) is 60.6 Å². The minimum Gasteiger partial charge on any atom is -0.479 e. The van der Waals surface area contributed by atoms with Crippen molar-refractivity contribution < 1.29 is 18.7 Å². The van der Waals surface area contributed by atoms with Gasteiger partial charge < -0.3 is 19.8 Å². The van der Waals surface area contributed by atoms with Crippen molar-refractivity contribution in [2.45, 2.75) is 25.9 Å². The van der Waals surface area contributed by atoms with Crippen LogP contribution in [0.2, 0.25) is 0 Å². The molecule has 28 heavy (non-hydrogen) atoms. The summed E-state index contributed by atoms with van der Waals surface area (Å²) in [6.07, 6.45) is 1.75. The van der Waals surface area contributed by atoms with E-state index in [2.05, 4.69) is 15.6 Å². The third-order valence-electron chi connectivity index (χ3n) is 4.37. The zero-order chi connectivity index (χ0) is 19.5. The lowest BCUT2D eigenvalue weighted by Gasteiger charge is -2.23. The number of hydrogen-bond acceptors (Lipinski definition) is 5. The van der Waals surface area contributed by atoms with Crippen LogP contribution >= 0.6 is 0 Å². The normalized spacial score (nSPS) is 15.3. The van der Waals surface area contributed by atoms with Crippen LogP contribution in [-0.4, -0.2) is 22.9 Å². The first-order chi connectivity index (χ1) is 13.6. The highest BCUT2D eigenvalue weighted by atomic mass is 16.5. The Labute approximate surface area is 161 Å². The van der Waals surface area contributed by atoms with Gasteiger partial charge in [0, 0.05) is 24.1 Å². The van der Waals surface area contributed by atoms with Gasteiger partial charge in [-0.2, -0.15) is 0 Å². The Kier molecular flexibility index (Phi) is 4.80. The first kappa shape index (κ1) is 17.8. The molecule has 2 N–H and O–H groups in total. The molecule has 142 valence electrons. The first-order valence-electron chi connectivity index (χ1n) is 9.00. The third-order valence-corrected chi connectivity index (χ3v) is 4.37. The third kappa shape index (κ3) is 3.88. The van der Waals surface area contributed by atoms with Crippen LogP contribution in [0.25, 0.3) is 11.3 Å². The van der Waals surface area contributed by atoms with Gasteiger partial charge in [0.25, 0.3) is 5.91 Å². The van der Waals surface area contributed by atoms with Gasteiger partial charge in [0.2, 0.25) is 5.91 Å². The van der Waals surface area contributed by atoms with E-state index in [0.717, 1.165) is 5.56 Å². The highest BCUT2D eigenvalue weighted by Gasteiger charge is 2.23. The molecule has 2 amide bonds. The molecule has 0 aliphatic carbocycles. The average Bonchev–Trinajstić information content (AvgIpc) is 3.17. The van der Waals surface area contributed by atoms with Gasteiger partial charge in [-0.1, -0.05) is 30.3 Å². The maximum atomic E-state index is 12.2. The molecule has 0 bridgehead atoms. The van der Waals surface area contributed by atoms with E-state index in [4.69, 9.17) is 9.15 Å². The summed E-state index contributed by atoms with van der Waals surface area (Å²) in [6.45, 7) is 1.68. The number of amides is 2. The molecule has 1 aliphatic rings. The number of benzene rings is 2. The molecule has 3 aromatic rings. The molecule has 1 aliphatic heterocycles. The minimum absolute atomic E-state index is 0.171. The molecule has 0 fully saturated rings. The predicted molar refractivity (Wildman–Crippen MR) is 104 cm³/mol. The molecule has 2 heterocycles. The van der Waals surface area contributed by atoms with Gasteiger partial charge in [0.05, 0.1) is 11.9 Å². The maximum Gasteiger partial charge on any atom is 0.265 e. The predicted octanol–water partition coefficient (Wildman–Crippen LogP) is 3.63. The number of fused-ring (bicyclic) bond motifs is 1. The molecule has 0 radical (unpaired) electrons. The van der Waals surface area contributed by atoms with Crippen molar-refractivity contribution in [1.82, 2.24) is 4.98 Å². The van der Waals surface area contributed by atoms with Crippen LogP contribution in [0.15, 0.2) is 59.1 Å². The lowest BCUT2D eigenvalue weighted by atomic mass is 10.2. The van der Waals surface area contributed by atoms with Crippen molar-refractivity contribution in [2.24, 2.45) is 0 Å². The number of nitrogens with one attached hydrogen (secondary N) is 2. The summed E-state index contributed by atoms with van der Waals surface area (Å²) in [5, 5.41) is 5.57. The largest absolute Gasteiger partial charge is 0.479 e. The van der Waals surface area contributed by atoms with Crippen molar-refractivity contribution in [3.63, 3.8) is 0 Å². The number of carbonyl (C=O) groups excluding carboxylic acids is 2. The molecule has 0 spiro atoms. The van der Waals surface area contributed by atoms with Crippen LogP contribution in [0.4, 0.5) is 11.4 Å². The average molecular weight is 377 g/mol. The molecule has 7 nitrogen and oxygen atoms in total. The number of rotatable bonds is 5. The number of carbonyl (C=O) groups is 2. The van der Waals surface area contributed by atoms with E-state index in [1.165, 1.54) is 0 Å². The lowest BCUT2D eigenvalue weighted by molar-refractivity contribution is -0.122. The number of aryl methyl sites for hydroxylation is 1. The van der Waals surface area contributed by atoms with Crippen LogP contribution in [0.1, 0.15) is 19.2 Å². The summed E-state index contributed by atoms with van der Waals surface area (Å²) in [5.41, 5.74) is 2.07. The minimum atomic E-state index is -0.533. The van der Waals surface area contributed by atoms with Gasteiger partial charge >= 0.3 is 0 Å². The summed E-state index contributed by atoms with van der Waals surface area (Å²) in [7, 11) is 0. The van der Waals surface area contributed by atoms with Crippen LogP contribution in [-0.2, 0) is 16.0 Å². The highest BCUT2D eigenvalue weighted by molar-refractivity contribution is 5.99. The Morgan fingerprint density at radius 2 is 2.04 bits per heavy atom. The van der Waals surface area contributed by atoms with Crippen LogP contribution in [0, 0.1) is 0 Å². The van der Waals surface area contributed by atoms with Gasteiger partial charge in [-0.3, -0.25) is 9.59 Å². The van der Waals surface area contributed by atoms with E-state index in [-0.39, 0.29) is 18.2 Å². The first-order valence-corrected chi connectivity index (χ1v) is 9.00. The second-order valence-corrected chi connectivity index (χ2v) is 6.49. The summed E-state index contributed by atoms with van der Waals surface area (Å²) < 4.78 is 11.2. The number of ether oxygens (including phenoxy) is 1. The van der Waals surface area contributed by atoms with Gasteiger partial charge in [-0.15, -0.1) is 0 Å². The molecule has 7 heteroatoms. The smallest absolute Gasteiger partial charge is 0.265 e. The molecular formula is C21H19N3O4. The van der Waals surface area contributed by atoms with E-state index in [9.17, 15) is 9.59 Å². The van der Waals surface area contributed by atoms with E-state index in [0.29, 0.717) is 35.2 Å². The summed E-state index contributed by atoms with van der Waals surface area (Å²) in [5.74, 6) is 1.38. The molecular weight excluding hydrogens is 358 g/mol. The molecule has 0 saturated carbocycles. The van der Waals surface area contributed by atoms with Gasteiger partial charge in [0.15, 0.2) is 17.8 Å². The summed E-state index contributed by atoms with van der Waals surface area (Å²) in [6, 6.07) is 14.8. The van der Waals surface area contributed by atoms with Crippen molar-refractivity contribution in [1.29, 1.82) is 0 Å². The molecule has 0 saturated heterocycles. The quantitative estimate of drug-likeness (QED) is 0.708. The Hall–Kier alpha value is -3.61. The Bertz CT molecular complexity index is 1010. The van der Waals surface area contributed by atoms with Crippen LogP contribution in [0.5, 0.6) is 5.75 Å². The van der Waals surface area contributed by atoms with Crippen molar-refractivity contribution in [3.8, 4) is 17.1 Å². The Balaban J connectivity index is 1.35. The highest BCUT2D eigenvalue weighted by Crippen LogP contribution is 2.32. The van der Waals surface area contributed by atoms with Crippen molar-refractivity contribution >= 4 is 23.2 Å². The molecule has 0 unspecified atom stereocenters. The van der Waals surface area contributed by atoms with Crippen LogP contribution in [0.3, 0.4) is 0 Å². The topological polar surface area (TPSA) is 93.5 Å². The number of hydrogen-bond donors (Lipinski definition) is 2. The number of aromatic nitrogens is 1. The standard InChI is InChI=1S/C21H19N3O4/c1-13-21(26)24-16-11-15(7-8-17(16)27-13)23-19(25)9-10-20-22-12-18(28-20)14-5-3-2-4-6-14/h2-8,11-13H,9-10H2,1H3,(H,23,25)(H,24,26)/t13-/m0/s1. The SMILES string of the molecule is C[C@@H]1Oc2ccc(NC(=O)CCc3ncc(-c4ccccc4)o3)cc2NC1=O. The summed E-state index contributed by atoms with van der Waals surface area (Å²) >= 11 is 0. The number of oxazole rings is 1. The van der Waals surface area contributed by atoms with E-state index >= 15 is 0 Å². The monoisotopic (exact) mass is 377 g/mol. The zero-order valence-electron chi connectivity index (χ0n) is 15.3. The maximum absolute atomic E-state index is 12.2. The van der Waals surface area contributed by atoms with E-state index in [1.54, 1.807) is 31.3 Å². The van der Waals surface area contributed by atoms with Crippen molar-refractivity contribution in [2.75, 3.05) is 10.6 Å². The second kappa shape index (κ2) is 7.56. The molecule has 4 rings (SSSR count). The molecule has 1 aromatic heterocycles. The Morgan fingerprint density at radius 3 is 2.86 bits per heavy atom. The fourth-order valence-electron chi connectivity index (χ4n) is 2.89. The van der Waals surface area contributed by atoms with E-state index < -0.39 is 6.10 Å². The van der Waals surface area contributed by atoms with Gasteiger partial charge in [-0.05, 0) is 25.1 Å². The lowest BCUT2D eigenvalue weighted by Crippen LogP contribution is -2.34. The Morgan fingerprint density at radius 1 is 1.21 bits per heavy atom. The molecule has 2 aromatic carbocycles. The second-order valence-electron chi connectivity index (χ2n) is 6.49. The number of nitrogens with zero attached hydrogens (tertiary/aromatic N) is 1. The van der Waals surface area contributed by atoms with E-state index in [1.807, 2.05) is 30.3 Å². The fourth-order valence-corrected chi connectivity index (χ4v) is 2.89. The summed E-state index contributed by atoms with van der Waals surface area (Å²) in [4.78, 5) is 28.2. The molecule has 1 atom stereocenters. The van der Waals surface area contributed by atoms with Gasteiger partial charge in [0.1, 0.15) is 5.75 Å². The fraction of sp³-hybridized carbons (Fsp3) is 0.190.